The summed E-state index contributed by atoms with van der Waals surface area (Å²) in [5, 5.41) is 9.65. The quantitative estimate of drug-likeness (QED) is 0.630. The molecule has 1 fully saturated rings. The lowest BCUT2D eigenvalue weighted by Gasteiger charge is -2.36. The molecule has 0 saturated carbocycles. The Balaban J connectivity index is 1.37. The van der Waals surface area contributed by atoms with E-state index in [1.165, 1.54) is 0 Å². The maximum absolute atomic E-state index is 12.2. The lowest BCUT2D eigenvalue weighted by molar-refractivity contribution is 0.0983. The van der Waals surface area contributed by atoms with Crippen molar-refractivity contribution in [1.29, 1.82) is 0 Å². The third-order valence-electron chi connectivity index (χ3n) is 5.75. The molecule has 4 heterocycles. The fraction of sp³-hybridized carbons (Fsp3) is 0.391. The third-order valence-corrected chi connectivity index (χ3v) is 5.75. The van der Waals surface area contributed by atoms with Gasteiger partial charge >= 0.3 is 6.03 Å². The summed E-state index contributed by atoms with van der Waals surface area (Å²) in [7, 11) is 1.79. The number of amides is 2. The maximum Gasteiger partial charge on any atom is 0.324 e. The van der Waals surface area contributed by atoms with Crippen molar-refractivity contribution in [2.45, 2.75) is 25.8 Å². The summed E-state index contributed by atoms with van der Waals surface area (Å²) < 4.78 is 13.1. The average Bonchev–Trinajstić information content (AvgIpc) is 3.23. The first-order valence-electron chi connectivity index (χ1n) is 11.1. The van der Waals surface area contributed by atoms with Crippen molar-refractivity contribution >= 4 is 23.4 Å². The van der Waals surface area contributed by atoms with Gasteiger partial charge in [-0.25, -0.2) is 9.78 Å². The first-order valence-corrected chi connectivity index (χ1v) is 11.1. The molecule has 0 spiro atoms. The van der Waals surface area contributed by atoms with Crippen LogP contribution < -0.4 is 20.3 Å². The Labute approximate surface area is 191 Å². The average molecular weight is 450 g/mol. The molecule has 3 aromatic rings. The van der Waals surface area contributed by atoms with Gasteiger partial charge in [0.1, 0.15) is 5.82 Å². The van der Waals surface area contributed by atoms with Gasteiger partial charge in [-0.2, -0.15) is 10.1 Å². The van der Waals surface area contributed by atoms with E-state index in [0.29, 0.717) is 43.0 Å². The van der Waals surface area contributed by atoms with E-state index in [-0.39, 0.29) is 12.1 Å². The van der Waals surface area contributed by atoms with E-state index in [9.17, 15) is 4.79 Å². The summed E-state index contributed by atoms with van der Waals surface area (Å²) in [4.78, 5) is 24.2. The number of nitrogens with one attached hydrogen (secondary N) is 2. The van der Waals surface area contributed by atoms with Gasteiger partial charge in [0.15, 0.2) is 11.6 Å². The Morgan fingerprint density at radius 2 is 1.97 bits per heavy atom. The van der Waals surface area contributed by atoms with Crippen molar-refractivity contribution in [3.8, 4) is 17.3 Å². The molecule has 0 radical (unpaired) electrons. The summed E-state index contributed by atoms with van der Waals surface area (Å²) >= 11 is 0. The molecule has 10 nitrogen and oxygen atoms in total. The first-order chi connectivity index (χ1) is 16.1. The Morgan fingerprint density at radius 3 is 2.73 bits per heavy atom. The Bertz CT molecular complexity index is 1150. The highest BCUT2D eigenvalue weighted by atomic mass is 16.5. The molecule has 1 aromatic carbocycles. The number of urea groups is 1. The third kappa shape index (κ3) is 4.61. The van der Waals surface area contributed by atoms with Gasteiger partial charge in [-0.05, 0) is 44.0 Å². The van der Waals surface area contributed by atoms with Crippen LogP contribution in [0, 0.1) is 0 Å². The van der Waals surface area contributed by atoms with E-state index in [1.807, 2.05) is 24.3 Å². The number of carbonyl (C=O) groups is 1. The molecule has 2 aliphatic heterocycles. The van der Waals surface area contributed by atoms with Crippen LogP contribution >= 0.6 is 0 Å². The number of hydrogen-bond acceptors (Lipinski definition) is 7. The number of nitrogens with zero attached hydrogens (tertiary/aromatic N) is 5. The van der Waals surface area contributed by atoms with Gasteiger partial charge in [0.2, 0.25) is 5.88 Å². The smallest absolute Gasteiger partial charge is 0.324 e. The Morgan fingerprint density at radius 1 is 1.12 bits per heavy atom. The van der Waals surface area contributed by atoms with Crippen molar-refractivity contribution in [3.05, 3.63) is 42.1 Å². The number of aromatic nitrogens is 4. The van der Waals surface area contributed by atoms with E-state index in [2.05, 4.69) is 27.6 Å². The molecular weight excluding hydrogens is 422 g/mol. The van der Waals surface area contributed by atoms with Crippen LogP contribution in [0.2, 0.25) is 0 Å². The summed E-state index contributed by atoms with van der Waals surface area (Å²) in [5.41, 5.74) is 2.58. The van der Waals surface area contributed by atoms with Crippen molar-refractivity contribution in [3.63, 3.8) is 0 Å². The van der Waals surface area contributed by atoms with Crippen molar-refractivity contribution in [2.24, 2.45) is 7.05 Å². The SMILES string of the molecule is C[C@H]1COCCN1c1nc(-c2ccc(NC(=O)Nc3ccn(C)n3)cc2)nc2c1CCCO2. The van der Waals surface area contributed by atoms with Crippen LogP contribution in [-0.2, 0) is 18.2 Å². The van der Waals surface area contributed by atoms with E-state index in [1.54, 1.807) is 24.0 Å². The van der Waals surface area contributed by atoms with Gasteiger partial charge in [0, 0.05) is 37.1 Å². The molecule has 2 amide bonds. The molecule has 1 atom stereocenters. The number of anilines is 3. The molecule has 1 saturated heterocycles. The minimum atomic E-state index is -0.358. The molecule has 2 aromatic heterocycles. The van der Waals surface area contributed by atoms with E-state index < -0.39 is 0 Å². The summed E-state index contributed by atoms with van der Waals surface area (Å²) in [6.07, 6.45) is 3.63. The van der Waals surface area contributed by atoms with Crippen LogP contribution in [0.5, 0.6) is 5.88 Å². The summed E-state index contributed by atoms with van der Waals surface area (Å²) in [6.45, 7) is 4.96. The topological polar surface area (TPSA) is 106 Å². The van der Waals surface area contributed by atoms with Crippen LogP contribution in [0.3, 0.4) is 0 Å². The number of hydrogen-bond donors (Lipinski definition) is 2. The molecule has 2 N–H and O–H groups in total. The zero-order chi connectivity index (χ0) is 22.8. The minimum Gasteiger partial charge on any atom is -0.477 e. The van der Waals surface area contributed by atoms with Crippen LogP contribution in [-0.4, -0.2) is 58.2 Å². The summed E-state index contributed by atoms with van der Waals surface area (Å²) in [6, 6.07) is 9.05. The monoisotopic (exact) mass is 449 g/mol. The molecule has 0 aliphatic carbocycles. The largest absolute Gasteiger partial charge is 0.477 e. The van der Waals surface area contributed by atoms with Crippen molar-refractivity contribution < 1.29 is 14.3 Å². The number of morpholine rings is 1. The zero-order valence-corrected chi connectivity index (χ0v) is 18.7. The number of benzene rings is 1. The first kappa shape index (κ1) is 21.2. The molecule has 0 bridgehead atoms. The zero-order valence-electron chi connectivity index (χ0n) is 18.7. The van der Waals surface area contributed by atoms with Gasteiger partial charge in [0.05, 0.1) is 31.4 Å². The van der Waals surface area contributed by atoms with Gasteiger partial charge in [-0.3, -0.25) is 10.00 Å². The number of carbonyl (C=O) groups excluding carboxylic acids is 1. The second kappa shape index (κ2) is 9.07. The van der Waals surface area contributed by atoms with Crippen LogP contribution in [0.25, 0.3) is 11.4 Å². The normalized spacial score (nSPS) is 17.8. The highest BCUT2D eigenvalue weighted by Gasteiger charge is 2.28. The van der Waals surface area contributed by atoms with E-state index >= 15 is 0 Å². The van der Waals surface area contributed by atoms with Gasteiger partial charge in [0.25, 0.3) is 0 Å². The predicted octanol–water partition coefficient (Wildman–Crippen LogP) is 3.07. The Hall–Kier alpha value is -3.66. The molecule has 172 valence electrons. The Kier molecular flexibility index (Phi) is 5.82. The van der Waals surface area contributed by atoms with Crippen LogP contribution in [0.15, 0.2) is 36.5 Å². The molecular formula is C23H27N7O3. The van der Waals surface area contributed by atoms with Gasteiger partial charge < -0.3 is 19.7 Å². The van der Waals surface area contributed by atoms with E-state index in [4.69, 9.17) is 19.4 Å². The van der Waals surface area contributed by atoms with E-state index in [0.717, 1.165) is 36.3 Å². The number of aryl methyl sites for hydroxylation is 1. The lowest BCUT2D eigenvalue weighted by atomic mass is 10.1. The molecule has 33 heavy (non-hydrogen) atoms. The standard InChI is InChI=1S/C23H27N7O3/c1-15-14-32-13-11-30(15)21-18-4-3-12-33-22(18)27-20(26-21)16-5-7-17(8-6-16)24-23(31)25-19-9-10-29(2)28-19/h5-10,15H,3-4,11-14H2,1-2H3,(H2,24,25,28,31)/t15-/m0/s1. The van der Waals surface area contributed by atoms with Crippen molar-refractivity contribution in [2.75, 3.05) is 41.9 Å². The molecule has 0 unspecified atom stereocenters. The maximum atomic E-state index is 12.2. The molecule has 5 rings (SSSR count). The lowest BCUT2D eigenvalue weighted by Crippen LogP contribution is -2.45. The summed E-state index contributed by atoms with van der Waals surface area (Å²) in [5.74, 6) is 2.69. The number of fused-ring (bicyclic) bond motifs is 1. The number of rotatable bonds is 4. The highest BCUT2D eigenvalue weighted by molar-refractivity contribution is 5.99. The van der Waals surface area contributed by atoms with Crippen LogP contribution in [0.1, 0.15) is 18.9 Å². The van der Waals surface area contributed by atoms with Gasteiger partial charge in [-0.1, -0.05) is 0 Å². The van der Waals surface area contributed by atoms with Crippen LogP contribution in [0.4, 0.5) is 22.1 Å². The predicted molar refractivity (Wildman–Crippen MR) is 125 cm³/mol. The minimum absolute atomic E-state index is 0.233. The fourth-order valence-electron chi connectivity index (χ4n) is 4.08. The second-order valence-corrected chi connectivity index (χ2v) is 8.25. The van der Waals surface area contributed by atoms with Crippen molar-refractivity contribution in [1.82, 2.24) is 19.7 Å². The number of ether oxygens (including phenoxy) is 2. The second-order valence-electron chi connectivity index (χ2n) is 8.25. The van der Waals surface area contributed by atoms with Gasteiger partial charge in [-0.15, -0.1) is 0 Å². The fourth-order valence-corrected chi connectivity index (χ4v) is 4.08. The molecule has 10 heteroatoms. The molecule has 2 aliphatic rings. The highest BCUT2D eigenvalue weighted by Crippen LogP contribution is 2.34.